The molecule has 14 heavy (non-hydrogen) atoms. The van der Waals surface area contributed by atoms with E-state index in [0.29, 0.717) is 13.2 Å². The summed E-state index contributed by atoms with van der Waals surface area (Å²) in [4.78, 5) is 12.4. The van der Waals surface area contributed by atoms with Crippen molar-refractivity contribution < 1.29 is 14.6 Å². The van der Waals surface area contributed by atoms with Crippen LogP contribution in [-0.2, 0) is 9.53 Å². The molecule has 0 spiro atoms. The highest BCUT2D eigenvalue weighted by atomic mass is 16.5. The molecular formula is C10H21NO3. The summed E-state index contributed by atoms with van der Waals surface area (Å²) in [6.45, 7) is 9.24. The van der Waals surface area contributed by atoms with Crippen molar-refractivity contribution in [2.45, 2.75) is 39.8 Å². The molecule has 0 saturated carbocycles. The summed E-state index contributed by atoms with van der Waals surface area (Å²) < 4.78 is 5.37. The van der Waals surface area contributed by atoms with Gasteiger partial charge in [0.2, 0.25) is 0 Å². The Labute approximate surface area is 85.9 Å². The lowest BCUT2D eigenvalue weighted by Crippen LogP contribution is -2.38. The van der Waals surface area contributed by atoms with Crippen molar-refractivity contribution in [3.63, 3.8) is 0 Å². The topological polar surface area (TPSA) is 49.8 Å². The molecule has 0 heterocycles. The predicted octanol–water partition coefficient (Wildman–Crippen LogP) is 1.21. The number of hydrogen-bond acceptors (Lipinski definition) is 3. The molecule has 84 valence electrons. The number of ether oxygens (including phenoxy) is 1. The third-order valence-electron chi connectivity index (χ3n) is 1.90. The SMILES string of the molecule is CC(C)OCCN(CC(=O)O)C(C)C. The number of carboxylic acid groups (broad SMARTS) is 1. The second-order valence-electron chi connectivity index (χ2n) is 3.88. The van der Waals surface area contributed by atoms with Crippen LogP contribution in [0.3, 0.4) is 0 Å². The van der Waals surface area contributed by atoms with Crippen molar-refractivity contribution in [3.05, 3.63) is 0 Å². The highest BCUT2D eigenvalue weighted by molar-refractivity contribution is 5.69. The van der Waals surface area contributed by atoms with E-state index in [-0.39, 0.29) is 18.7 Å². The van der Waals surface area contributed by atoms with E-state index in [4.69, 9.17) is 9.84 Å². The van der Waals surface area contributed by atoms with E-state index < -0.39 is 5.97 Å². The minimum Gasteiger partial charge on any atom is -0.480 e. The zero-order valence-electron chi connectivity index (χ0n) is 9.49. The molecule has 0 unspecified atom stereocenters. The van der Waals surface area contributed by atoms with Gasteiger partial charge < -0.3 is 9.84 Å². The summed E-state index contributed by atoms with van der Waals surface area (Å²) in [5.41, 5.74) is 0. The number of carbonyl (C=O) groups is 1. The molecule has 0 aliphatic heterocycles. The molecule has 4 nitrogen and oxygen atoms in total. The van der Waals surface area contributed by atoms with E-state index in [1.54, 1.807) is 0 Å². The molecule has 0 aliphatic rings. The largest absolute Gasteiger partial charge is 0.480 e. The predicted molar refractivity (Wildman–Crippen MR) is 55.4 cm³/mol. The van der Waals surface area contributed by atoms with Crippen molar-refractivity contribution in [1.82, 2.24) is 4.90 Å². The second-order valence-corrected chi connectivity index (χ2v) is 3.88. The van der Waals surface area contributed by atoms with E-state index in [2.05, 4.69) is 0 Å². The van der Waals surface area contributed by atoms with Crippen molar-refractivity contribution in [2.24, 2.45) is 0 Å². The zero-order valence-corrected chi connectivity index (χ0v) is 9.49. The Kier molecular flexibility index (Phi) is 6.49. The van der Waals surface area contributed by atoms with Gasteiger partial charge in [0.15, 0.2) is 0 Å². The van der Waals surface area contributed by atoms with Crippen LogP contribution < -0.4 is 0 Å². The van der Waals surface area contributed by atoms with Gasteiger partial charge in [-0.25, -0.2) is 0 Å². The van der Waals surface area contributed by atoms with Crippen LogP contribution in [-0.4, -0.2) is 47.8 Å². The van der Waals surface area contributed by atoms with Gasteiger partial charge in [0, 0.05) is 12.6 Å². The molecule has 0 rings (SSSR count). The molecule has 0 aliphatic carbocycles. The van der Waals surface area contributed by atoms with Crippen LogP contribution in [0.5, 0.6) is 0 Å². The number of hydrogen-bond donors (Lipinski definition) is 1. The van der Waals surface area contributed by atoms with Gasteiger partial charge in [0.05, 0.1) is 19.3 Å². The van der Waals surface area contributed by atoms with Crippen LogP contribution in [0.2, 0.25) is 0 Å². The Morgan fingerprint density at radius 2 is 1.93 bits per heavy atom. The summed E-state index contributed by atoms with van der Waals surface area (Å²) >= 11 is 0. The summed E-state index contributed by atoms with van der Waals surface area (Å²) in [5.74, 6) is -0.789. The van der Waals surface area contributed by atoms with E-state index in [0.717, 1.165) is 0 Å². The maximum absolute atomic E-state index is 10.5. The molecule has 0 bridgehead atoms. The lowest BCUT2D eigenvalue weighted by Gasteiger charge is -2.24. The van der Waals surface area contributed by atoms with Crippen LogP contribution in [0.15, 0.2) is 0 Å². The molecule has 0 atom stereocenters. The molecule has 0 amide bonds. The molecule has 0 aromatic rings. The summed E-state index contributed by atoms with van der Waals surface area (Å²) in [7, 11) is 0. The first-order chi connectivity index (χ1) is 6.43. The van der Waals surface area contributed by atoms with Gasteiger partial charge in [-0.2, -0.15) is 0 Å². The molecule has 0 radical (unpaired) electrons. The van der Waals surface area contributed by atoms with Gasteiger partial charge in [0.25, 0.3) is 0 Å². The summed E-state index contributed by atoms with van der Waals surface area (Å²) in [6, 6.07) is 0.238. The van der Waals surface area contributed by atoms with Crippen molar-refractivity contribution in [2.75, 3.05) is 19.7 Å². The Morgan fingerprint density at radius 3 is 2.29 bits per heavy atom. The maximum atomic E-state index is 10.5. The first kappa shape index (κ1) is 13.4. The first-order valence-corrected chi connectivity index (χ1v) is 5.01. The highest BCUT2D eigenvalue weighted by Crippen LogP contribution is 1.98. The Bertz CT molecular complexity index is 169. The Balaban J connectivity index is 3.79. The van der Waals surface area contributed by atoms with E-state index in [1.165, 1.54) is 0 Å². The zero-order chi connectivity index (χ0) is 11.1. The Morgan fingerprint density at radius 1 is 1.36 bits per heavy atom. The van der Waals surface area contributed by atoms with Crippen LogP contribution in [0, 0.1) is 0 Å². The standard InChI is InChI=1S/C10H21NO3/c1-8(2)11(7-10(12)13)5-6-14-9(3)4/h8-9H,5-7H2,1-4H3,(H,12,13). The third-order valence-corrected chi connectivity index (χ3v) is 1.90. The first-order valence-electron chi connectivity index (χ1n) is 5.01. The Hall–Kier alpha value is -0.610. The van der Waals surface area contributed by atoms with E-state index in [1.807, 2.05) is 32.6 Å². The number of nitrogens with zero attached hydrogens (tertiary/aromatic N) is 1. The molecular weight excluding hydrogens is 182 g/mol. The molecule has 0 saturated heterocycles. The van der Waals surface area contributed by atoms with Crippen molar-refractivity contribution >= 4 is 5.97 Å². The van der Waals surface area contributed by atoms with E-state index >= 15 is 0 Å². The average molecular weight is 203 g/mol. The van der Waals surface area contributed by atoms with Gasteiger partial charge in [-0.15, -0.1) is 0 Å². The lowest BCUT2D eigenvalue weighted by atomic mass is 10.3. The van der Waals surface area contributed by atoms with Gasteiger partial charge in [-0.1, -0.05) is 0 Å². The van der Waals surface area contributed by atoms with Gasteiger partial charge >= 0.3 is 5.97 Å². The summed E-state index contributed by atoms with van der Waals surface area (Å²) in [5, 5.41) is 8.66. The van der Waals surface area contributed by atoms with Gasteiger partial charge in [0.1, 0.15) is 0 Å². The lowest BCUT2D eigenvalue weighted by molar-refractivity contribution is -0.139. The van der Waals surface area contributed by atoms with Crippen LogP contribution in [0.1, 0.15) is 27.7 Å². The number of rotatable bonds is 7. The van der Waals surface area contributed by atoms with Crippen LogP contribution >= 0.6 is 0 Å². The molecule has 0 aromatic carbocycles. The van der Waals surface area contributed by atoms with Crippen LogP contribution in [0.4, 0.5) is 0 Å². The quantitative estimate of drug-likeness (QED) is 0.675. The van der Waals surface area contributed by atoms with Crippen molar-refractivity contribution in [1.29, 1.82) is 0 Å². The molecule has 0 fully saturated rings. The number of carboxylic acids is 1. The highest BCUT2D eigenvalue weighted by Gasteiger charge is 2.12. The van der Waals surface area contributed by atoms with Crippen molar-refractivity contribution in [3.8, 4) is 0 Å². The van der Waals surface area contributed by atoms with Crippen LogP contribution in [0.25, 0.3) is 0 Å². The number of aliphatic carboxylic acids is 1. The fraction of sp³-hybridized carbons (Fsp3) is 0.900. The third kappa shape index (κ3) is 6.86. The molecule has 1 N–H and O–H groups in total. The average Bonchev–Trinajstić information content (AvgIpc) is 2.00. The maximum Gasteiger partial charge on any atom is 0.317 e. The van der Waals surface area contributed by atoms with Gasteiger partial charge in [-0.05, 0) is 27.7 Å². The fourth-order valence-corrected chi connectivity index (χ4v) is 1.10. The normalized spacial score (nSPS) is 11.6. The van der Waals surface area contributed by atoms with E-state index in [9.17, 15) is 4.79 Å². The molecule has 4 heteroatoms. The monoisotopic (exact) mass is 203 g/mol. The minimum absolute atomic E-state index is 0.0825. The smallest absolute Gasteiger partial charge is 0.317 e. The second kappa shape index (κ2) is 6.79. The minimum atomic E-state index is -0.789. The summed E-state index contributed by atoms with van der Waals surface area (Å²) in [6.07, 6.45) is 0.203. The van der Waals surface area contributed by atoms with Gasteiger partial charge in [-0.3, -0.25) is 9.69 Å². The fourth-order valence-electron chi connectivity index (χ4n) is 1.10. The molecule has 0 aromatic heterocycles.